The molecule has 0 aliphatic carbocycles. The molecular formula is C15H19NOS. The van der Waals surface area contributed by atoms with Crippen molar-refractivity contribution in [2.45, 2.75) is 39.2 Å². The van der Waals surface area contributed by atoms with E-state index in [1.165, 1.54) is 17.1 Å². The zero-order valence-electron chi connectivity index (χ0n) is 11.1. The molecule has 0 radical (unpaired) electrons. The maximum absolute atomic E-state index is 10.3. The fraction of sp³-hybridized carbons (Fsp3) is 0.400. The van der Waals surface area contributed by atoms with Gasteiger partial charge in [0.25, 0.3) is 0 Å². The maximum atomic E-state index is 10.3. The Bertz CT molecular complexity index is 503. The third-order valence-electron chi connectivity index (χ3n) is 3.35. The van der Waals surface area contributed by atoms with E-state index in [9.17, 15) is 5.11 Å². The summed E-state index contributed by atoms with van der Waals surface area (Å²) in [6.07, 6.45) is 0.581. The lowest BCUT2D eigenvalue weighted by Crippen LogP contribution is -1.98. The second-order valence-corrected chi connectivity index (χ2v) is 5.59. The molecule has 0 amide bonds. The molecule has 96 valence electrons. The molecule has 2 aromatic rings. The molecule has 2 rings (SSSR count). The summed E-state index contributed by atoms with van der Waals surface area (Å²) in [7, 11) is 0. The van der Waals surface area contributed by atoms with Gasteiger partial charge in [-0.15, -0.1) is 0 Å². The molecule has 1 aromatic carbocycles. The standard InChI is InChI=1S/C15H19NOS/c1-4-10(2)12-5-7-13(8-6-12)15(17)14-9-11(3)16-18-14/h5-10,15,17H,4H2,1-3H3/t10-,15+/m1/s1. The topological polar surface area (TPSA) is 33.1 Å². The number of hydrogen-bond acceptors (Lipinski definition) is 3. The summed E-state index contributed by atoms with van der Waals surface area (Å²) in [6.45, 7) is 6.35. The molecule has 0 aliphatic heterocycles. The Kier molecular flexibility index (Phi) is 4.15. The van der Waals surface area contributed by atoms with E-state index in [0.717, 1.165) is 22.6 Å². The van der Waals surface area contributed by atoms with Crippen molar-refractivity contribution in [2.24, 2.45) is 0 Å². The Labute approximate surface area is 112 Å². The van der Waals surface area contributed by atoms with Gasteiger partial charge < -0.3 is 5.11 Å². The van der Waals surface area contributed by atoms with Gasteiger partial charge in [0.05, 0.1) is 10.6 Å². The molecule has 2 atom stereocenters. The molecule has 0 spiro atoms. The van der Waals surface area contributed by atoms with Gasteiger partial charge in [-0.2, -0.15) is 4.37 Å². The monoisotopic (exact) mass is 261 g/mol. The molecule has 0 aliphatic rings. The largest absolute Gasteiger partial charge is 0.383 e. The van der Waals surface area contributed by atoms with Crippen LogP contribution >= 0.6 is 11.5 Å². The van der Waals surface area contributed by atoms with Gasteiger partial charge in [-0.05, 0) is 48.0 Å². The van der Waals surface area contributed by atoms with Gasteiger partial charge in [0.15, 0.2) is 0 Å². The average molecular weight is 261 g/mol. The second-order valence-electron chi connectivity index (χ2n) is 4.75. The first kappa shape index (κ1) is 13.2. The van der Waals surface area contributed by atoms with Gasteiger partial charge in [0, 0.05) is 0 Å². The summed E-state index contributed by atoms with van der Waals surface area (Å²) in [6, 6.07) is 10.2. The molecule has 1 N–H and O–H groups in total. The lowest BCUT2D eigenvalue weighted by atomic mass is 9.96. The SMILES string of the molecule is CC[C@@H](C)c1ccc([C@H](O)c2cc(C)ns2)cc1. The first-order valence-corrected chi connectivity index (χ1v) is 7.10. The van der Waals surface area contributed by atoms with E-state index < -0.39 is 6.10 Å². The van der Waals surface area contributed by atoms with Crippen LogP contribution in [0.5, 0.6) is 0 Å². The van der Waals surface area contributed by atoms with E-state index in [0.29, 0.717) is 5.92 Å². The zero-order valence-corrected chi connectivity index (χ0v) is 11.9. The summed E-state index contributed by atoms with van der Waals surface area (Å²) in [5.41, 5.74) is 3.23. The summed E-state index contributed by atoms with van der Waals surface area (Å²) in [5, 5.41) is 10.3. The number of benzene rings is 1. The van der Waals surface area contributed by atoms with Crippen LogP contribution in [0.3, 0.4) is 0 Å². The predicted octanol–water partition coefficient (Wildman–Crippen LogP) is 4.05. The number of aromatic nitrogens is 1. The molecule has 0 unspecified atom stereocenters. The Morgan fingerprint density at radius 3 is 2.33 bits per heavy atom. The van der Waals surface area contributed by atoms with E-state index in [2.05, 4.69) is 30.4 Å². The molecular weight excluding hydrogens is 242 g/mol. The molecule has 0 saturated carbocycles. The van der Waals surface area contributed by atoms with Crippen molar-refractivity contribution >= 4 is 11.5 Å². The third kappa shape index (κ3) is 2.79. The summed E-state index contributed by atoms with van der Waals surface area (Å²) in [4.78, 5) is 0.906. The minimum atomic E-state index is -0.554. The molecule has 18 heavy (non-hydrogen) atoms. The molecule has 1 aromatic heterocycles. The fourth-order valence-corrected chi connectivity index (χ4v) is 2.68. The van der Waals surface area contributed by atoms with Crippen molar-refractivity contribution in [3.8, 4) is 0 Å². The molecule has 3 heteroatoms. The van der Waals surface area contributed by atoms with E-state index in [-0.39, 0.29) is 0 Å². The molecule has 1 heterocycles. The van der Waals surface area contributed by atoms with E-state index in [1.54, 1.807) is 0 Å². The van der Waals surface area contributed by atoms with Crippen LogP contribution < -0.4 is 0 Å². The first-order valence-electron chi connectivity index (χ1n) is 6.33. The fourth-order valence-electron chi connectivity index (χ4n) is 1.92. The van der Waals surface area contributed by atoms with Crippen LogP contribution in [-0.2, 0) is 0 Å². The lowest BCUT2D eigenvalue weighted by molar-refractivity contribution is 0.224. The summed E-state index contributed by atoms with van der Waals surface area (Å²) < 4.78 is 4.20. The van der Waals surface area contributed by atoms with Crippen molar-refractivity contribution in [1.29, 1.82) is 0 Å². The minimum Gasteiger partial charge on any atom is -0.383 e. The lowest BCUT2D eigenvalue weighted by Gasteiger charge is -2.12. The molecule has 2 nitrogen and oxygen atoms in total. The maximum Gasteiger partial charge on any atom is 0.115 e. The van der Waals surface area contributed by atoms with E-state index >= 15 is 0 Å². The normalized spacial score (nSPS) is 14.4. The second kappa shape index (κ2) is 5.63. The molecule has 0 bridgehead atoms. The number of nitrogens with zero attached hydrogens (tertiary/aromatic N) is 1. The van der Waals surface area contributed by atoms with Crippen molar-refractivity contribution in [3.63, 3.8) is 0 Å². The quantitative estimate of drug-likeness (QED) is 0.900. The Morgan fingerprint density at radius 1 is 1.22 bits per heavy atom. The number of aryl methyl sites for hydroxylation is 1. The highest BCUT2D eigenvalue weighted by Gasteiger charge is 2.13. The van der Waals surface area contributed by atoms with Crippen LogP contribution in [0.1, 0.15) is 54.0 Å². The van der Waals surface area contributed by atoms with Crippen molar-refractivity contribution in [2.75, 3.05) is 0 Å². The smallest absolute Gasteiger partial charge is 0.115 e. The van der Waals surface area contributed by atoms with Gasteiger partial charge in [-0.1, -0.05) is 38.1 Å². The highest BCUT2D eigenvalue weighted by Crippen LogP contribution is 2.27. The predicted molar refractivity (Wildman–Crippen MR) is 76.1 cm³/mol. The van der Waals surface area contributed by atoms with Crippen molar-refractivity contribution in [3.05, 3.63) is 52.0 Å². The van der Waals surface area contributed by atoms with Gasteiger partial charge in [0.2, 0.25) is 0 Å². The number of aliphatic hydroxyl groups is 1. The minimum absolute atomic E-state index is 0.554. The Hall–Kier alpha value is -1.19. The average Bonchev–Trinajstić information content (AvgIpc) is 2.84. The number of hydrogen-bond donors (Lipinski definition) is 1. The van der Waals surface area contributed by atoms with Gasteiger partial charge in [0.1, 0.15) is 6.10 Å². The molecule has 0 fully saturated rings. The Balaban J connectivity index is 2.19. The summed E-state index contributed by atoms with van der Waals surface area (Å²) >= 11 is 1.37. The molecule has 0 saturated heterocycles. The highest BCUT2D eigenvalue weighted by atomic mass is 32.1. The number of aliphatic hydroxyl groups excluding tert-OH is 1. The highest BCUT2D eigenvalue weighted by molar-refractivity contribution is 7.05. The van der Waals surface area contributed by atoms with Crippen LogP contribution in [0, 0.1) is 6.92 Å². The van der Waals surface area contributed by atoms with Crippen LogP contribution in [-0.4, -0.2) is 9.48 Å². The zero-order chi connectivity index (χ0) is 13.1. The van der Waals surface area contributed by atoms with Gasteiger partial charge in [-0.25, -0.2) is 0 Å². The Morgan fingerprint density at radius 2 is 1.83 bits per heavy atom. The van der Waals surface area contributed by atoms with Crippen LogP contribution in [0.4, 0.5) is 0 Å². The van der Waals surface area contributed by atoms with Crippen LogP contribution in [0.15, 0.2) is 30.3 Å². The van der Waals surface area contributed by atoms with Crippen molar-refractivity contribution in [1.82, 2.24) is 4.37 Å². The third-order valence-corrected chi connectivity index (χ3v) is 4.28. The van der Waals surface area contributed by atoms with Crippen molar-refractivity contribution < 1.29 is 5.11 Å². The van der Waals surface area contributed by atoms with E-state index in [1.807, 2.05) is 25.1 Å². The number of rotatable bonds is 4. The first-order chi connectivity index (χ1) is 8.61. The van der Waals surface area contributed by atoms with Crippen LogP contribution in [0.2, 0.25) is 0 Å². The van der Waals surface area contributed by atoms with Crippen LogP contribution in [0.25, 0.3) is 0 Å². The van der Waals surface area contributed by atoms with Gasteiger partial charge >= 0.3 is 0 Å². The van der Waals surface area contributed by atoms with Gasteiger partial charge in [-0.3, -0.25) is 0 Å². The summed E-state index contributed by atoms with van der Waals surface area (Å²) in [5.74, 6) is 0.571. The van der Waals surface area contributed by atoms with E-state index in [4.69, 9.17) is 0 Å².